The molecule has 3 heterocycles. The minimum absolute atomic E-state index is 0.895. The topological polar surface area (TPSA) is 72.6 Å². The van der Waals surface area contributed by atoms with Crippen molar-refractivity contribution in [1.29, 1.82) is 0 Å². The van der Waals surface area contributed by atoms with E-state index in [0.29, 0.717) is 0 Å². The van der Waals surface area contributed by atoms with Gasteiger partial charge in [0.2, 0.25) is 5.16 Å². The Balaban J connectivity index is 1.30. The Kier molecular flexibility index (Phi) is 7.90. The van der Waals surface area contributed by atoms with Gasteiger partial charge < -0.3 is 4.90 Å². The molecule has 2 aromatic heterocycles. The van der Waals surface area contributed by atoms with E-state index in [0.717, 1.165) is 46.9 Å². The summed E-state index contributed by atoms with van der Waals surface area (Å²) in [4.78, 5) is 2.35. The van der Waals surface area contributed by atoms with Crippen LogP contribution in [0.15, 0.2) is 16.3 Å². The molecule has 7 nitrogen and oxygen atoms in total. The highest BCUT2D eigenvalue weighted by Crippen LogP contribution is 2.29. The number of likely N-dealkylation sites (N-methyl/N-ethyl adjacent to an activating group) is 1. The van der Waals surface area contributed by atoms with Crippen LogP contribution in [0.5, 0.6) is 0 Å². The van der Waals surface area contributed by atoms with Crippen LogP contribution in [0.1, 0.15) is 37.8 Å². The van der Waals surface area contributed by atoms with Gasteiger partial charge in [0.15, 0.2) is 0 Å². The van der Waals surface area contributed by atoms with Gasteiger partial charge >= 0.3 is 0 Å². The van der Waals surface area contributed by atoms with Crippen molar-refractivity contribution < 1.29 is 0 Å². The van der Waals surface area contributed by atoms with Crippen LogP contribution in [0, 0.1) is 0 Å². The summed E-state index contributed by atoms with van der Waals surface area (Å²) in [6, 6.07) is 0. The Morgan fingerprint density at radius 2 is 1.88 bits per heavy atom. The second-order valence-corrected chi connectivity index (χ2v) is 9.04. The first-order chi connectivity index (χ1) is 12.7. The molecule has 0 aromatic carbocycles. The highest BCUT2D eigenvalue weighted by atomic mass is 32.2. The van der Waals surface area contributed by atoms with Crippen LogP contribution < -0.4 is 0 Å². The Hall–Kier alpha value is -0.970. The van der Waals surface area contributed by atoms with Gasteiger partial charge in [-0.2, -0.15) is 8.75 Å². The van der Waals surface area contributed by atoms with Crippen LogP contribution in [0.3, 0.4) is 0 Å². The minimum atomic E-state index is 0.895. The van der Waals surface area contributed by atoms with Crippen LogP contribution in [0.25, 0.3) is 5.57 Å². The molecule has 10 heteroatoms. The number of aromatic nitrogens is 6. The molecular formula is C16H25N7S3. The van der Waals surface area contributed by atoms with Gasteiger partial charge in [-0.1, -0.05) is 30.7 Å². The largest absolute Gasteiger partial charge is 0.302 e. The lowest BCUT2D eigenvalue weighted by molar-refractivity contribution is 0.372. The molecule has 0 unspecified atom stereocenters. The van der Waals surface area contributed by atoms with Crippen molar-refractivity contribution in [1.82, 2.24) is 33.9 Å². The normalized spacial score (nSPS) is 15.4. The molecule has 26 heavy (non-hydrogen) atoms. The van der Waals surface area contributed by atoms with Gasteiger partial charge in [-0.25, -0.2) is 4.68 Å². The van der Waals surface area contributed by atoms with Crippen molar-refractivity contribution in [3.05, 3.63) is 11.8 Å². The third kappa shape index (κ3) is 5.77. The van der Waals surface area contributed by atoms with Gasteiger partial charge in [-0.15, -0.1) is 16.9 Å². The number of aryl methyl sites for hydroxylation is 1. The van der Waals surface area contributed by atoms with Crippen LogP contribution in [0.2, 0.25) is 0 Å². The molecule has 1 aliphatic rings. The molecule has 3 rings (SSSR count). The Labute approximate surface area is 167 Å². The predicted octanol–water partition coefficient (Wildman–Crippen LogP) is 3.23. The zero-order chi connectivity index (χ0) is 18.2. The van der Waals surface area contributed by atoms with Crippen LogP contribution in [-0.4, -0.2) is 65.5 Å². The first kappa shape index (κ1) is 19.8. The van der Waals surface area contributed by atoms with E-state index in [1.165, 1.54) is 43.0 Å². The third-order valence-corrected chi connectivity index (χ3v) is 6.99. The molecule has 0 bridgehead atoms. The lowest BCUT2D eigenvalue weighted by atomic mass is 10.1. The fourth-order valence-electron chi connectivity index (χ4n) is 2.77. The van der Waals surface area contributed by atoms with Gasteiger partial charge in [0, 0.05) is 25.9 Å². The second kappa shape index (κ2) is 10.4. The molecule has 0 radical (unpaired) electrons. The zero-order valence-corrected chi connectivity index (χ0v) is 17.7. The summed E-state index contributed by atoms with van der Waals surface area (Å²) in [6.45, 7) is 2.12. The van der Waals surface area contributed by atoms with Crippen molar-refractivity contribution in [3.63, 3.8) is 0 Å². The molecule has 0 aliphatic carbocycles. The van der Waals surface area contributed by atoms with E-state index in [1.54, 1.807) is 16.4 Å². The van der Waals surface area contributed by atoms with Crippen LogP contribution in [0.4, 0.5) is 0 Å². The van der Waals surface area contributed by atoms with E-state index in [-0.39, 0.29) is 0 Å². The summed E-state index contributed by atoms with van der Waals surface area (Å²) in [7, 11) is 4.04. The molecule has 0 spiro atoms. The van der Waals surface area contributed by atoms with Crippen molar-refractivity contribution in [2.45, 2.75) is 42.3 Å². The number of rotatable bonds is 10. The van der Waals surface area contributed by atoms with Crippen LogP contribution >= 0.6 is 35.3 Å². The van der Waals surface area contributed by atoms with Crippen molar-refractivity contribution in [2.24, 2.45) is 7.05 Å². The summed E-state index contributed by atoms with van der Waals surface area (Å²) >= 11 is 4.92. The smallest absolute Gasteiger partial charge is 0.209 e. The van der Waals surface area contributed by atoms with Crippen molar-refractivity contribution in [2.75, 3.05) is 31.6 Å². The lowest BCUT2D eigenvalue weighted by Crippen LogP contribution is -2.25. The zero-order valence-electron chi connectivity index (χ0n) is 15.3. The first-order valence-electron chi connectivity index (χ1n) is 8.92. The monoisotopic (exact) mass is 411 g/mol. The molecule has 142 valence electrons. The third-order valence-electron chi connectivity index (χ3n) is 4.19. The second-order valence-electron chi connectivity index (χ2n) is 6.37. The summed E-state index contributed by atoms with van der Waals surface area (Å²) in [5.41, 5.74) is 2.45. The molecule has 0 atom stereocenters. The number of tetrazole rings is 1. The summed E-state index contributed by atoms with van der Waals surface area (Å²) < 4.78 is 10.8. The average Bonchev–Trinajstić information content (AvgIpc) is 3.26. The van der Waals surface area contributed by atoms with Gasteiger partial charge in [0.1, 0.15) is 10.7 Å². The predicted molar refractivity (Wildman–Crippen MR) is 109 cm³/mol. The molecule has 0 saturated heterocycles. The molecule has 0 saturated carbocycles. The summed E-state index contributed by atoms with van der Waals surface area (Å²) in [6.07, 6.45) is 8.35. The minimum Gasteiger partial charge on any atom is -0.302 e. The molecule has 0 amide bonds. The average molecular weight is 412 g/mol. The van der Waals surface area contributed by atoms with E-state index >= 15 is 0 Å². The van der Waals surface area contributed by atoms with Gasteiger partial charge in [0.25, 0.3) is 0 Å². The summed E-state index contributed by atoms with van der Waals surface area (Å²) in [5.74, 6) is 2.19. The standard InChI is InChI=1S/C16H25N7S3/c1-22-9-7-8-13(12-22)14-15(19-26-18-14)24-10-5-3-4-6-11-25-16-17-20-21-23(16)2/h8H,3-7,9-12H2,1-2H3. The van der Waals surface area contributed by atoms with Crippen LogP contribution in [-0.2, 0) is 7.05 Å². The Bertz CT molecular complexity index is 712. The highest BCUT2D eigenvalue weighted by Gasteiger charge is 2.17. The molecule has 2 aromatic rings. The number of unbranched alkanes of at least 4 members (excludes halogenated alkanes) is 3. The quantitative estimate of drug-likeness (QED) is 0.436. The maximum atomic E-state index is 4.54. The number of nitrogens with zero attached hydrogens (tertiary/aromatic N) is 7. The number of hydrogen-bond donors (Lipinski definition) is 0. The van der Waals surface area contributed by atoms with E-state index in [1.807, 2.05) is 18.8 Å². The first-order valence-corrected chi connectivity index (χ1v) is 11.6. The Morgan fingerprint density at radius 1 is 1.08 bits per heavy atom. The SMILES string of the molecule is CN1CCC=C(c2nsnc2SCCCCCCSc2nnnn2C)C1. The van der Waals surface area contributed by atoms with Crippen molar-refractivity contribution in [3.8, 4) is 0 Å². The Morgan fingerprint density at radius 3 is 2.62 bits per heavy atom. The fraction of sp³-hybridized carbons (Fsp3) is 0.688. The van der Waals surface area contributed by atoms with E-state index in [9.17, 15) is 0 Å². The lowest BCUT2D eigenvalue weighted by Gasteiger charge is -2.22. The number of thioether (sulfide) groups is 2. The van der Waals surface area contributed by atoms with Gasteiger partial charge in [0.05, 0.1) is 11.7 Å². The fourth-order valence-corrected chi connectivity index (χ4v) is 5.33. The van der Waals surface area contributed by atoms with Crippen molar-refractivity contribution >= 4 is 40.8 Å². The van der Waals surface area contributed by atoms with E-state index < -0.39 is 0 Å². The molecule has 0 N–H and O–H groups in total. The summed E-state index contributed by atoms with van der Waals surface area (Å²) in [5, 5.41) is 13.5. The maximum Gasteiger partial charge on any atom is 0.209 e. The highest BCUT2D eigenvalue weighted by molar-refractivity contribution is 7.99. The number of hydrogen-bond acceptors (Lipinski definition) is 9. The van der Waals surface area contributed by atoms with Gasteiger partial charge in [-0.3, -0.25) is 0 Å². The molecule has 1 aliphatic heterocycles. The van der Waals surface area contributed by atoms with E-state index in [4.69, 9.17) is 0 Å². The molecule has 0 fully saturated rings. The maximum absolute atomic E-state index is 4.54. The molecular weight excluding hydrogens is 386 g/mol. The van der Waals surface area contributed by atoms with Gasteiger partial charge in [-0.05, 0) is 48.1 Å². The van der Waals surface area contributed by atoms with E-state index in [2.05, 4.69) is 42.3 Å².